The average Bonchev–Trinajstić information content (AvgIpc) is 3.23. The van der Waals surface area contributed by atoms with Crippen molar-refractivity contribution < 1.29 is 17.9 Å². The van der Waals surface area contributed by atoms with E-state index in [1.165, 1.54) is 44.2 Å². The summed E-state index contributed by atoms with van der Waals surface area (Å²) in [6.07, 6.45) is 7.32. The normalized spacial score (nSPS) is 27.7. The number of carbonyl (C=O) groups is 1. The summed E-state index contributed by atoms with van der Waals surface area (Å²) in [6.45, 7) is 2.65. The molecule has 2 bridgehead atoms. The van der Waals surface area contributed by atoms with Gasteiger partial charge in [0.05, 0.1) is 11.5 Å². The van der Waals surface area contributed by atoms with E-state index in [0.29, 0.717) is 30.0 Å². The van der Waals surface area contributed by atoms with E-state index in [4.69, 9.17) is 4.74 Å². The van der Waals surface area contributed by atoms with Gasteiger partial charge >= 0.3 is 0 Å². The van der Waals surface area contributed by atoms with Gasteiger partial charge in [-0.3, -0.25) is 4.79 Å². The molecule has 4 rings (SSSR count). The second kappa shape index (κ2) is 8.13. The van der Waals surface area contributed by atoms with E-state index >= 15 is 0 Å². The van der Waals surface area contributed by atoms with Crippen LogP contribution in [0, 0.1) is 23.7 Å². The molecule has 0 saturated heterocycles. The third-order valence-electron chi connectivity index (χ3n) is 6.51. The fraction of sp³-hybridized carbons (Fsp3) is 0.667. The molecule has 3 fully saturated rings. The van der Waals surface area contributed by atoms with Crippen molar-refractivity contribution in [2.75, 3.05) is 18.5 Å². The van der Waals surface area contributed by atoms with Gasteiger partial charge in [-0.05, 0) is 87.0 Å². The maximum atomic E-state index is 12.7. The molecule has 1 amide bonds. The smallest absolute Gasteiger partial charge is 0.250 e. The molecular weight excluding hydrogens is 376 g/mol. The number of amides is 1. The fourth-order valence-electron chi connectivity index (χ4n) is 4.82. The Morgan fingerprint density at radius 3 is 2.50 bits per heavy atom. The maximum Gasteiger partial charge on any atom is 0.250 e. The van der Waals surface area contributed by atoms with Crippen LogP contribution in [-0.2, 0) is 19.6 Å². The first-order chi connectivity index (χ1) is 13.4. The van der Waals surface area contributed by atoms with Gasteiger partial charge in [0, 0.05) is 11.7 Å². The predicted molar refractivity (Wildman–Crippen MR) is 107 cm³/mol. The summed E-state index contributed by atoms with van der Waals surface area (Å²) in [7, 11) is -3.56. The molecule has 0 radical (unpaired) electrons. The highest BCUT2D eigenvalue weighted by molar-refractivity contribution is 7.89. The molecule has 0 spiro atoms. The number of nitrogens with one attached hydrogen (secondary N) is 2. The van der Waals surface area contributed by atoms with Crippen molar-refractivity contribution in [2.24, 2.45) is 23.7 Å². The number of sulfonamides is 1. The molecule has 6 nitrogen and oxygen atoms in total. The summed E-state index contributed by atoms with van der Waals surface area (Å²) in [5.74, 6) is 2.30. The molecule has 0 unspecified atom stereocenters. The van der Waals surface area contributed by atoms with Crippen LogP contribution in [-0.4, -0.2) is 33.6 Å². The van der Waals surface area contributed by atoms with Gasteiger partial charge in [-0.15, -0.1) is 0 Å². The van der Waals surface area contributed by atoms with Crippen molar-refractivity contribution >= 4 is 21.6 Å². The Morgan fingerprint density at radius 2 is 1.89 bits per heavy atom. The van der Waals surface area contributed by atoms with E-state index < -0.39 is 10.0 Å². The first-order valence-corrected chi connectivity index (χ1v) is 11.9. The summed E-state index contributed by atoms with van der Waals surface area (Å²) in [4.78, 5) is 12.1. The lowest BCUT2D eigenvalue weighted by Crippen LogP contribution is -2.40. The zero-order valence-electron chi connectivity index (χ0n) is 16.4. The first kappa shape index (κ1) is 19.9. The van der Waals surface area contributed by atoms with E-state index in [1.807, 2.05) is 6.92 Å². The Bertz CT molecular complexity index is 804. The summed E-state index contributed by atoms with van der Waals surface area (Å²) < 4.78 is 33.7. The predicted octanol–water partition coefficient (Wildman–Crippen LogP) is 3.15. The van der Waals surface area contributed by atoms with E-state index in [9.17, 15) is 13.2 Å². The number of hydrogen-bond acceptors (Lipinski definition) is 4. The molecule has 1 aromatic carbocycles. The highest BCUT2D eigenvalue weighted by atomic mass is 32.2. The van der Waals surface area contributed by atoms with Gasteiger partial charge < -0.3 is 10.1 Å². The molecule has 0 aliphatic heterocycles. The van der Waals surface area contributed by atoms with Crippen LogP contribution in [0.3, 0.4) is 0 Å². The molecule has 3 saturated carbocycles. The third kappa shape index (κ3) is 4.75. The second-order valence-electron chi connectivity index (χ2n) is 8.78. The maximum absolute atomic E-state index is 12.7. The van der Waals surface area contributed by atoms with Crippen LogP contribution in [0.15, 0.2) is 29.2 Å². The van der Waals surface area contributed by atoms with E-state index in [1.54, 1.807) is 12.1 Å². The number of rotatable bonds is 9. The average molecular weight is 407 g/mol. The molecule has 0 aromatic heterocycles. The molecule has 3 aliphatic carbocycles. The monoisotopic (exact) mass is 406 g/mol. The van der Waals surface area contributed by atoms with E-state index in [0.717, 1.165) is 12.3 Å². The van der Waals surface area contributed by atoms with E-state index in [-0.39, 0.29) is 23.5 Å². The van der Waals surface area contributed by atoms with Crippen molar-refractivity contribution in [3.63, 3.8) is 0 Å². The lowest BCUT2D eigenvalue weighted by molar-refractivity contribution is -0.120. The minimum atomic E-state index is -3.56. The Labute approximate surface area is 167 Å². The Morgan fingerprint density at radius 1 is 1.14 bits per heavy atom. The van der Waals surface area contributed by atoms with E-state index in [2.05, 4.69) is 10.0 Å². The van der Waals surface area contributed by atoms with Crippen LogP contribution in [0.2, 0.25) is 0 Å². The molecular formula is C21H30N2O4S. The number of carbonyl (C=O) groups excluding carboxylic acids is 1. The fourth-order valence-corrected chi connectivity index (χ4v) is 6.12. The molecule has 4 atom stereocenters. The molecule has 7 heteroatoms. The zero-order valence-corrected chi connectivity index (χ0v) is 17.2. The van der Waals surface area contributed by atoms with Crippen molar-refractivity contribution in [2.45, 2.75) is 56.4 Å². The van der Waals surface area contributed by atoms with Crippen molar-refractivity contribution in [3.05, 3.63) is 24.3 Å². The van der Waals surface area contributed by atoms with Crippen LogP contribution < -0.4 is 10.0 Å². The second-order valence-corrected chi connectivity index (χ2v) is 10.5. The first-order valence-electron chi connectivity index (χ1n) is 10.4. The lowest BCUT2D eigenvalue weighted by atomic mass is 9.84. The quantitative estimate of drug-likeness (QED) is 0.660. The Hall–Kier alpha value is -1.44. The summed E-state index contributed by atoms with van der Waals surface area (Å²) in [5.41, 5.74) is 0.570. The standard InChI is InChI=1S/C21H30N2O4S/c1-14(20-11-16-4-5-17(20)10-16)23-28(25,26)19-8-6-18(7-9-19)22-21(24)13-27-12-15-2-3-15/h6-9,14-17,20,23H,2-5,10-13H2,1H3,(H,22,24)/t14-,16+,17+,20-/m1/s1. The van der Waals surface area contributed by atoms with Crippen LogP contribution >= 0.6 is 0 Å². The number of benzene rings is 1. The van der Waals surface area contributed by atoms with Crippen LogP contribution in [0.1, 0.15) is 45.4 Å². The molecule has 154 valence electrons. The number of hydrogen-bond donors (Lipinski definition) is 2. The minimum absolute atomic E-state index is 0.0270. The summed E-state index contributed by atoms with van der Waals surface area (Å²) in [6, 6.07) is 6.27. The van der Waals surface area contributed by atoms with Crippen LogP contribution in [0.25, 0.3) is 0 Å². The van der Waals surface area contributed by atoms with Gasteiger partial charge in [-0.1, -0.05) is 6.42 Å². The molecule has 1 aromatic rings. The number of fused-ring (bicyclic) bond motifs is 2. The van der Waals surface area contributed by atoms with Crippen molar-refractivity contribution in [3.8, 4) is 0 Å². The lowest BCUT2D eigenvalue weighted by Gasteiger charge is -2.28. The summed E-state index contributed by atoms with van der Waals surface area (Å²) >= 11 is 0. The largest absolute Gasteiger partial charge is 0.371 e. The van der Waals surface area contributed by atoms with Gasteiger partial charge in [-0.2, -0.15) is 0 Å². The summed E-state index contributed by atoms with van der Waals surface area (Å²) in [5, 5.41) is 2.74. The van der Waals surface area contributed by atoms with Gasteiger partial charge in [0.2, 0.25) is 15.9 Å². The van der Waals surface area contributed by atoms with Crippen LogP contribution in [0.4, 0.5) is 5.69 Å². The Kier molecular flexibility index (Phi) is 5.76. The van der Waals surface area contributed by atoms with Crippen molar-refractivity contribution in [1.29, 1.82) is 0 Å². The van der Waals surface area contributed by atoms with Gasteiger partial charge in [0.15, 0.2) is 0 Å². The van der Waals surface area contributed by atoms with Crippen LogP contribution in [0.5, 0.6) is 0 Å². The van der Waals surface area contributed by atoms with Gasteiger partial charge in [0.1, 0.15) is 6.61 Å². The third-order valence-corrected chi connectivity index (χ3v) is 8.08. The highest BCUT2D eigenvalue weighted by Crippen LogP contribution is 2.49. The molecule has 2 N–H and O–H groups in total. The molecule has 3 aliphatic rings. The highest BCUT2D eigenvalue weighted by Gasteiger charge is 2.42. The Balaban J connectivity index is 1.29. The molecule has 28 heavy (non-hydrogen) atoms. The topological polar surface area (TPSA) is 84.5 Å². The SMILES string of the molecule is C[C@@H](NS(=O)(=O)c1ccc(NC(=O)COCC2CC2)cc1)[C@H]1C[C@H]2CC[C@H]1C2. The zero-order chi connectivity index (χ0) is 19.7. The number of anilines is 1. The number of ether oxygens (including phenoxy) is 1. The minimum Gasteiger partial charge on any atom is -0.371 e. The van der Waals surface area contributed by atoms with Crippen molar-refractivity contribution in [1.82, 2.24) is 4.72 Å². The molecule has 0 heterocycles. The van der Waals surface area contributed by atoms with Gasteiger partial charge in [0.25, 0.3) is 0 Å². The van der Waals surface area contributed by atoms with Gasteiger partial charge in [-0.25, -0.2) is 13.1 Å².